The van der Waals surface area contributed by atoms with Gasteiger partial charge in [0.05, 0.1) is 6.61 Å². The molecule has 1 aromatic carbocycles. The molecular formula is C12H18N2O3S. The van der Waals surface area contributed by atoms with Gasteiger partial charge in [-0.3, -0.25) is 0 Å². The molecule has 1 aliphatic rings. The molecule has 0 saturated heterocycles. The molecule has 1 aromatic rings. The molecule has 0 radical (unpaired) electrons. The SMILES string of the molecule is CC(CO)NS(=O)(=O)N1CCc2ccccc2C1. The molecule has 2 N–H and O–H groups in total. The fourth-order valence-corrected chi connectivity index (χ4v) is 3.41. The third-order valence-electron chi connectivity index (χ3n) is 3.06. The van der Waals surface area contributed by atoms with E-state index < -0.39 is 16.3 Å². The van der Waals surface area contributed by atoms with Gasteiger partial charge in [0.1, 0.15) is 0 Å². The number of hydrogen-bond acceptors (Lipinski definition) is 3. The molecule has 0 fully saturated rings. The van der Waals surface area contributed by atoms with Gasteiger partial charge < -0.3 is 5.11 Å². The van der Waals surface area contributed by atoms with Gasteiger partial charge in [-0.1, -0.05) is 24.3 Å². The number of rotatable bonds is 4. The Bertz CT molecular complexity index is 516. The molecule has 1 aliphatic heterocycles. The van der Waals surface area contributed by atoms with Gasteiger partial charge in [0.2, 0.25) is 0 Å². The van der Waals surface area contributed by atoms with Gasteiger partial charge in [-0.05, 0) is 24.5 Å². The summed E-state index contributed by atoms with van der Waals surface area (Å²) < 4.78 is 28.0. The molecule has 5 nitrogen and oxygen atoms in total. The molecule has 18 heavy (non-hydrogen) atoms. The molecule has 100 valence electrons. The molecule has 2 rings (SSSR count). The maximum absolute atomic E-state index is 12.1. The standard InChI is InChI=1S/C12H18N2O3S/c1-10(9-15)13-18(16,17)14-7-6-11-4-2-3-5-12(11)8-14/h2-5,10,13,15H,6-9H2,1H3. The Kier molecular flexibility index (Phi) is 4.01. The van der Waals surface area contributed by atoms with Crippen molar-refractivity contribution < 1.29 is 13.5 Å². The summed E-state index contributed by atoms with van der Waals surface area (Å²) in [5.74, 6) is 0. The molecular weight excluding hydrogens is 252 g/mol. The van der Waals surface area contributed by atoms with E-state index in [9.17, 15) is 8.42 Å². The fourth-order valence-electron chi connectivity index (χ4n) is 2.04. The van der Waals surface area contributed by atoms with Gasteiger partial charge in [0.25, 0.3) is 10.2 Å². The van der Waals surface area contributed by atoms with Crippen LogP contribution in [-0.4, -0.2) is 37.0 Å². The maximum Gasteiger partial charge on any atom is 0.280 e. The van der Waals surface area contributed by atoms with Gasteiger partial charge in [-0.15, -0.1) is 0 Å². The van der Waals surface area contributed by atoms with Crippen molar-refractivity contribution in [3.05, 3.63) is 35.4 Å². The van der Waals surface area contributed by atoms with E-state index in [-0.39, 0.29) is 6.61 Å². The Hall–Kier alpha value is -0.950. The number of nitrogens with zero attached hydrogens (tertiary/aromatic N) is 1. The molecule has 6 heteroatoms. The van der Waals surface area contributed by atoms with Crippen LogP contribution in [-0.2, 0) is 23.2 Å². The molecule has 0 amide bonds. The predicted octanol–water partition coefficient (Wildman–Crippen LogP) is 0.260. The number of aliphatic hydroxyl groups excluding tert-OH is 1. The average Bonchev–Trinajstić information content (AvgIpc) is 2.37. The van der Waals surface area contributed by atoms with Crippen molar-refractivity contribution in [2.24, 2.45) is 0 Å². The lowest BCUT2D eigenvalue weighted by molar-refractivity contribution is 0.261. The smallest absolute Gasteiger partial charge is 0.280 e. The third-order valence-corrected chi connectivity index (χ3v) is 4.75. The van der Waals surface area contributed by atoms with Crippen LogP contribution in [0.25, 0.3) is 0 Å². The summed E-state index contributed by atoms with van der Waals surface area (Å²) in [6, 6.07) is 7.40. The van der Waals surface area contributed by atoms with Gasteiger partial charge in [-0.25, -0.2) is 0 Å². The van der Waals surface area contributed by atoms with Crippen LogP contribution in [0.5, 0.6) is 0 Å². The molecule has 0 bridgehead atoms. The minimum Gasteiger partial charge on any atom is -0.395 e. The molecule has 0 aromatic heterocycles. The Morgan fingerprint density at radius 3 is 2.72 bits per heavy atom. The van der Waals surface area contributed by atoms with Crippen molar-refractivity contribution in [3.63, 3.8) is 0 Å². The summed E-state index contributed by atoms with van der Waals surface area (Å²) in [4.78, 5) is 0. The highest BCUT2D eigenvalue weighted by atomic mass is 32.2. The molecule has 0 aliphatic carbocycles. The Labute approximate surface area is 108 Å². The lowest BCUT2D eigenvalue weighted by atomic mass is 10.0. The van der Waals surface area contributed by atoms with Crippen LogP contribution in [0.4, 0.5) is 0 Å². The highest BCUT2D eigenvalue weighted by Crippen LogP contribution is 2.20. The quantitative estimate of drug-likeness (QED) is 0.824. The van der Waals surface area contributed by atoms with E-state index in [4.69, 9.17) is 5.11 Å². The van der Waals surface area contributed by atoms with Crippen LogP contribution in [0.15, 0.2) is 24.3 Å². The topological polar surface area (TPSA) is 69.6 Å². The zero-order valence-corrected chi connectivity index (χ0v) is 11.2. The summed E-state index contributed by atoms with van der Waals surface area (Å²) in [6.07, 6.45) is 0.727. The summed E-state index contributed by atoms with van der Waals surface area (Å²) in [6.45, 7) is 2.30. The van der Waals surface area contributed by atoms with Crippen LogP contribution in [0.2, 0.25) is 0 Å². The van der Waals surface area contributed by atoms with Crippen molar-refractivity contribution in [2.75, 3.05) is 13.2 Å². The van der Waals surface area contributed by atoms with Crippen LogP contribution < -0.4 is 4.72 Å². The van der Waals surface area contributed by atoms with E-state index in [1.165, 1.54) is 9.87 Å². The summed E-state index contributed by atoms with van der Waals surface area (Å²) in [5.41, 5.74) is 2.25. The first-order chi connectivity index (χ1) is 8.53. The van der Waals surface area contributed by atoms with Crippen molar-refractivity contribution in [1.29, 1.82) is 0 Å². The van der Waals surface area contributed by atoms with Gasteiger partial charge >= 0.3 is 0 Å². The van der Waals surface area contributed by atoms with Crippen molar-refractivity contribution >= 4 is 10.2 Å². The van der Waals surface area contributed by atoms with Crippen molar-refractivity contribution in [3.8, 4) is 0 Å². The summed E-state index contributed by atoms with van der Waals surface area (Å²) >= 11 is 0. The normalized spacial score (nSPS) is 18.3. The fraction of sp³-hybridized carbons (Fsp3) is 0.500. The molecule has 1 heterocycles. The van der Waals surface area contributed by atoms with E-state index in [2.05, 4.69) is 4.72 Å². The Balaban J connectivity index is 2.13. The van der Waals surface area contributed by atoms with E-state index in [1.54, 1.807) is 6.92 Å². The van der Waals surface area contributed by atoms with Crippen molar-refractivity contribution in [1.82, 2.24) is 9.03 Å². The second kappa shape index (κ2) is 5.36. The zero-order valence-electron chi connectivity index (χ0n) is 10.3. The highest BCUT2D eigenvalue weighted by molar-refractivity contribution is 7.87. The van der Waals surface area contributed by atoms with E-state index in [0.717, 1.165) is 12.0 Å². The number of fused-ring (bicyclic) bond motifs is 1. The van der Waals surface area contributed by atoms with Crippen LogP contribution in [0.3, 0.4) is 0 Å². The van der Waals surface area contributed by atoms with E-state index in [1.807, 2.05) is 24.3 Å². The first kappa shape index (κ1) is 13.5. The van der Waals surface area contributed by atoms with Gasteiger partial charge in [0, 0.05) is 19.1 Å². The second-order valence-corrected chi connectivity index (χ2v) is 6.26. The molecule has 0 spiro atoms. The van der Waals surface area contributed by atoms with Crippen LogP contribution in [0.1, 0.15) is 18.1 Å². The number of hydrogen-bond donors (Lipinski definition) is 2. The average molecular weight is 270 g/mol. The first-order valence-electron chi connectivity index (χ1n) is 5.98. The highest BCUT2D eigenvalue weighted by Gasteiger charge is 2.27. The third kappa shape index (κ3) is 2.89. The zero-order chi connectivity index (χ0) is 13.2. The summed E-state index contributed by atoms with van der Waals surface area (Å²) in [5, 5.41) is 8.91. The van der Waals surface area contributed by atoms with Crippen molar-refractivity contribution in [2.45, 2.75) is 25.9 Å². The molecule has 1 atom stereocenters. The maximum atomic E-state index is 12.1. The second-order valence-electron chi connectivity index (χ2n) is 4.56. The van der Waals surface area contributed by atoms with Gasteiger partial charge in [-0.2, -0.15) is 17.4 Å². The largest absolute Gasteiger partial charge is 0.395 e. The van der Waals surface area contributed by atoms with Crippen LogP contribution >= 0.6 is 0 Å². The summed E-state index contributed by atoms with van der Waals surface area (Å²) in [7, 11) is -3.51. The Morgan fingerprint density at radius 1 is 1.39 bits per heavy atom. The number of aliphatic hydroxyl groups is 1. The lowest BCUT2D eigenvalue weighted by Gasteiger charge is -2.29. The number of benzene rings is 1. The number of nitrogens with one attached hydrogen (secondary N) is 1. The lowest BCUT2D eigenvalue weighted by Crippen LogP contribution is -2.47. The Morgan fingerprint density at radius 2 is 2.06 bits per heavy atom. The monoisotopic (exact) mass is 270 g/mol. The minimum absolute atomic E-state index is 0.205. The van der Waals surface area contributed by atoms with E-state index in [0.29, 0.717) is 13.1 Å². The molecule has 0 saturated carbocycles. The van der Waals surface area contributed by atoms with E-state index >= 15 is 0 Å². The van der Waals surface area contributed by atoms with Gasteiger partial charge in [0.15, 0.2) is 0 Å². The first-order valence-corrected chi connectivity index (χ1v) is 7.42. The molecule has 1 unspecified atom stereocenters. The van der Waals surface area contributed by atoms with Crippen LogP contribution in [0, 0.1) is 0 Å². The predicted molar refractivity (Wildman–Crippen MR) is 69.2 cm³/mol. The minimum atomic E-state index is -3.51.